The molecule has 0 radical (unpaired) electrons. The van der Waals surface area contributed by atoms with Crippen molar-refractivity contribution in [3.63, 3.8) is 0 Å². The number of thioether (sulfide) groups is 2. The number of hydrogen-bond donors (Lipinski definition) is 0. The van der Waals surface area contributed by atoms with E-state index in [1.165, 1.54) is 18.7 Å². The molecule has 8 nitrogen and oxygen atoms in total. The van der Waals surface area contributed by atoms with E-state index >= 15 is 0 Å². The lowest BCUT2D eigenvalue weighted by Crippen LogP contribution is -2.52. The summed E-state index contributed by atoms with van der Waals surface area (Å²) in [5.74, 6) is 0.380. The number of rotatable bonds is 7. The molecule has 0 saturated heterocycles. The highest BCUT2D eigenvalue weighted by atomic mass is 32.2. The Bertz CT molecular complexity index is 871. The van der Waals surface area contributed by atoms with Crippen LogP contribution in [0.5, 0.6) is 11.5 Å². The molecule has 31 heavy (non-hydrogen) atoms. The van der Waals surface area contributed by atoms with Crippen LogP contribution < -0.4 is 9.47 Å². The zero-order chi connectivity index (χ0) is 22.5. The van der Waals surface area contributed by atoms with E-state index in [2.05, 4.69) is 0 Å². The van der Waals surface area contributed by atoms with Crippen molar-refractivity contribution in [2.75, 3.05) is 24.9 Å². The van der Waals surface area contributed by atoms with E-state index in [-0.39, 0.29) is 47.6 Å². The first-order chi connectivity index (χ1) is 14.8. The second-order valence-electron chi connectivity index (χ2n) is 7.21. The molecule has 0 N–H and O–H groups in total. The number of nitrogens with zero attached hydrogens (tertiary/aromatic N) is 1. The number of ether oxygens (including phenoxy) is 3. The smallest absolute Gasteiger partial charge is 0.329 e. The average molecular weight is 468 g/mol. The number of esters is 1. The minimum atomic E-state index is -0.785. The van der Waals surface area contributed by atoms with Gasteiger partial charge in [-0.15, -0.1) is 0 Å². The minimum Gasteiger partial charge on any atom is -0.464 e. The van der Waals surface area contributed by atoms with E-state index in [9.17, 15) is 19.2 Å². The van der Waals surface area contributed by atoms with Crippen LogP contribution in [0, 0.1) is 5.92 Å². The maximum Gasteiger partial charge on any atom is 0.329 e. The summed E-state index contributed by atoms with van der Waals surface area (Å²) in [4.78, 5) is 50.7. The zero-order valence-electron chi connectivity index (χ0n) is 17.7. The topological polar surface area (TPSA) is 99.2 Å². The molecule has 1 unspecified atom stereocenters. The van der Waals surface area contributed by atoms with E-state index in [1.807, 2.05) is 12.1 Å². The lowest BCUT2D eigenvalue weighted by atomic mass is 9.92. The van der Waals surface area contributed by atoms with Gasteiger partial charge in [-0.25, -0.2) is 4.79 Å². The summed E-state index contributed by atoms with van der Waals surface area (Å²) >= 11 is 2.08. The Hall–Kier alpha value is -2.20. The first kappa shape index (κ1) is 23.5. The average Bonchev–Trinajstić information content (AvgIpc) is 3.17. The fourth-order valence-electron chi connectivity index (χ4n) is 3.52. The molecule has 2 aliphatic rings. The van der Waals surface area contributed by atoms with Crippen molar-refractivity contribution in [3.8, 4) is 11.5 Å². The molecule has 0 bridgehead atoms. The summed E-state index contributed by atoms with van der Waals surface area (Å²) in [5, 5.41) is -0.214. The van der Waals surface area contributed by atoms with Gasteiger partial charge in [-0.3, -0.25) is 14.4 Å². The van der Waals surface area contributed by atoms with Gasteiger partial charge >= 0.3 is 5.97 Å². The third kappa shape index (κ3) is 5.74. The van der Waals surface area contributed by atoms with Crippen molar-refractivity contribution in [1.82, 2.24) is 4.90 Å². The Morgan fingerprint density at radius 3 is 2.19 bits per heavy atom. The standard InChI is InChI=1S/C21H25NO7S2/c1-4-27-21(26)17-5-14-6-18-19(29-11-28-18)7-15(14)8-22(17)20(25)16(9-30-12(2)23)10-31-13(3)24/h6-7,16-17H,4-5,8-11H2,1-3H3. The van der Waals surface area contributed by atoms with Crippen LogP contribution >= 0.6 is 23.5 Å². The molecule has 1 aromatic carbocycles. The highest BCUT2D eigenvalue weighted by Crippen LogP contribution is 2.38. The van der Waals surface area contributed by atoms with Gasteiger partial charge in [0.2, 0.25) is 12.7 Å². The van der Waals surface area contributed by atoms with E-state index in [1.54, 1.807) is 6.92 Å². The van der Waals surface area contributed by atoms with Crippen LogP contribution in [-0.4, -0.2) is 58.0 Å². The lowest BCUT2D eigenvalue weighted by Gasteiger charge is -2.37. The van der Waals surface area contributed by atoms with Gasteiger partial charge in [0.1, 0.15) is 6.04 Å². The van der Waals surface area contributed by atoms with Gasteiger partial charge < -0.3 is 19.1 Å². The molecule has 0 aliphatic carbocycles. The lowest BCUT2D eigenvalue weighted by molar-refractivity contribution is -0.157. The molecule has 0 aromatic heterocycles. The SMILES string of the molecule is CCOC(=O)C1Cc2cc3c(cc2CN1C(=O)C(CSC(C)=O)CSC(C)=O)OCO3. The number of benzene rings is 1. The van der Waals surface area contributed by atoms with Crippen molar-refractivity contribution < 1.29 is 33.4 Å². The molecule has 0 spiro atoms. The summed E-state index contributed by atoms with van der Waals surface area (Å²) in [6.07, 6.45) is 0.295. The summed E-state index contributed by atoms with van der Waals surface area (Å²) in [7, 11) is 0. The first-order valence-electron chi connectivity index (χ1n) is 9.95. The van der Waals surface area contributed by atoms with Gasteiger partial charge in [0.05, 0.1) is 12.5 Å². The third-order valence-electron chi connectivity index (χ3n) is 4.99. The normalized spacial score (nSPS) is 16.8. The molecular formula is C21H25NO7S2. The summed E-state index contributed by atoms with van der Waals surface area (Å²) < 4.78 is 16.1. The van der Waals surface area contributed by atoms with Gasteiger partial charge in [0, 0.05) is 38.3 Å². The molecule has 2 heterocycles. The molecule has 2 aliphatic heterocycles. The first-order valence-corrected chi connectivity index (χ1v) is 11.9. The monoisotopic (exact) mass is 467 g/mol. The second-order valence-corrected chi connectivity index (χ2v) is 9.61. The fourth-order valence-corrected chi connectivity index (χ4v) is 5.06. The number of carbonyl (C=O) groups excluding carboxylic acids is 4. The van der Waals surface area contributed by atoms with Crippen molar-refractivity contribution in [1.29, 1.82) is 0 Å². The molecule has 0 fully saturated rings. The quantitative estimate of drug-likeness (QED) is 0.560. The van der Waals surface area contributed by atoms with Crippen LogP contribution in [0.3, 0.4) is 0 Å². The summed E-state index contributed by atoms with van der Waals surface area (Å²) in [5.41, 5.74) is 1.77. The van der Waals surface area contributed by atoms with Gasteiger partial charge in [-0.1, -0.05) is 23.5 Å². The van der Waals surface area contributed by atoms with E-state index in [0.29, 0.717) is 17.9 Å². The Kier molecular flexibility index (Phi) is 7.88. The molecule has 3 rings (SSSR count). The Morgan fingerprint density at radius 2 is 1.65 bits per heavy atom. The van der Waals surface area contributed by atoms with Crippen molar-refractivity contribution in [3.05, 3.63) is 23.3 Å². The highest BCUT2D eigenvalue weighted by molar-refractivity contribution is 8.14. The number of carbonyl (C=O) groups is 4. The Morgan fingerprint density at radius 1 is 1.06 bits per heavy atom. The van der Waals surface area contributed by atoms with E-state index in [0.717, 1.165) is 34.7 Å². The van der Waals surface area contributed by atoms with Crippen LogP contribution in [0.4, 0.5) is 0 Å². The van der Waals surface area contributed by atoms with Gasteiger partial charge in [-0.2, -0.15) is 0 Å². The van der Waals surface area contributed by atoms with Crippen LogP contribution in [0.2, 0.25) is 0 Å². The van der Waals surface area contributed by atoms with Crippen molar-refractivity contribution in [2.24, 2.45) is 5.92 Å². The molecule has 1 amide bonds. The van der Waals surface area contributed by atoms with E-state index in [4.69, 9.17) is 14.2 Å². The van der Waals surface area contributed by atoms with Crippen LogP contribution in [0.25, 0.3) is 0 Å². The van der Waals surface area contributed by atoms with Gasteiger partial charge in [0.15, 0.2) is 21.7 Å². The number of amides is 1. The predicted molar refractivity (Wildman–Crippen MR) is 117 cm³/mol. The van der Waals surface area contributed by atoms with Crippen LogP contribution in [0.1, 0.15) is 31.9 Å². The second kappa shape index (κ2) is 10.4. The van der Waals surface area contributed by atoms with Crippen molar-refractivity contribution in [2.45, 2.75) is 39.8 Å². The fraction of sp³-hybridized carbons (Fsp3) is 0.524. The molecule has 0 saturated carbocycles. The molecule has 1 aromatic rings. The molecule has 1 atom stereocenters. The molecular weight excluding hydrogens is 442 g/mol. The predicted octanol–water partition coefficient (Wildman–Crippen LogP) is 2.41. The third-order valence-corrected chi connectivity index (χ3v) is 6.94. The van der Waals surface area contributed by atoms with Gasteiger partial charge in [-0.05, 0) is 30.2 Å². The number of fused-ring (bicyclic) bond motifs is 2. The maximum atomic E-state index is 13.5. The molecule has 168 valence electrons. The van der Waals surface area contributed by atoms with Gasteiger partial charge in [0.25, 0.3) is 0 Å². The van der Waals surface area contributed by atoms with Crippen LogP contribution in [-0.2, 0) is 36.9 Å². The molecule has 10 heteroatoms. The summed E-state index contributed by atoms with van der Waals surface area (Å²) in [6.45, 7) is 5.13. The Balaban J connectivity index is 1.89. The largest absolute Gasteiger partial charge is 0.464 e. The number of hydrogen-bond acceptors (Lipinski definition) is 9. The zero-order valence-corrected chi connectivity index (χ0v) is 19.3. The van der Waals surface area contributed by atoms with E-state index < -0.39 is 17.9 Å². The highest BCUT2D eigenvalue weighted by Gasteiger charge is 2.39. The Labute approximate surface area is 189 Å². The minimum absolute atomic E-state index is 0.107. The maximum absolute atomic E-state index is 13.5. The summed E-state index contributed by atoms with van der Waals surface area (Å²) in [6, 6.07) is 2.90. The van der Waals surface area contributed by atoms with Crippen molar-refractivity contribution >= 4 is 45.6 Å². The van der Waals surface area contributed by atoms with Crippen LogP contribution in [0.15, 0.2) is 12.1 Å².